The summed E-state index contributed by atoms with van der Waals surface area (Å²) in [5, 5.41) is 9.35. The molecule has 2 aromatic heterocycles. The lowest BCUT2D eigenvalue weighted by Crippen LogP contribution is -2.48. The molecule has 2 N–H and O–H groups in total. The Morgan fingerprint density at radius 1 is 1.04 bits per heavy atom. The van der Waals surface area contributed by atoms with Gasteiger partial charge < -0.3 is 15.0 Å². The largest absolute Gasteiger partial charge is 0.508 e. The van der Waals surface area contributed by atoms with Crippen molar-refractivity contribution < 1.29 is 9.90 Å². The Kier molecular flexibility index (Phi) is 4.11. The van der Waals surface area contributed by atoms with Crippen LogP contribution in [0.15, 0.2) is 48.7 Å². The third-order valence-corrected chi connectivity index (χ3v) is 4.63. The van der Waals surface area contributed by atoms with Crippen molar-refractivity contribution in [1.82, 2.24) is 19.8 Å². The number of aromatic hydroxyl groups is 1. The van der Waals surface area contributed by atoms with Crippen molar-refractivity contribution in [2.75, 3.05) is 26.2 Å². The number of pyridine rings is 1. The van der Waals surface area contributed by atoms with Gasteiger partial charge in [0.15, 0.2) is 0 Å². The Balaban J connectivity index is 1.37. The summed E-state index contributed by atoms with van der Waals surface area (Å²) in [7, 11) is 0. The topological polar surface area (TPSA) is 72.5 Å². The zero-order chi connectivity index (χ0) is 17.2. The maximum atomic E-state index is 12.7. The molecule has 0 atom stereocenters. The highest BCUT2D eigenvalue weighted by Gasteiger charge is 2.23. The van der Waals surface area contributed by atoms with Gasteiger partial charge in [-0.25, -0.2) is 4.98 Å². The number of amides is 1. The summed E-state index contributed by atoms with van der Waals surface area (Å²) < 4.78 is 0. The zero-order valence-electron chi connectivity index (χ0n) is 13.9. The predicted molar refractivity (Wildman–Crippen MR) is 95.4 cm³/mol. The number of phenols is 1. The van der Waals surface area contributed by atoms with Gasteiger partial charge in [-0.15, -0.1) is 0 Å². The smallest absolute Gasteiger partial charge is 0.272 e. The highest BCUT2D eigenvalue weighted by atomic mass is 16.3. The van der Waals surface area contributed by atoms with Crippen LogP contribution in [0.1, 0.15) is 16.1 Å². The number of phenolic OH excluding ortho intramolecular Hbond substituents is 1. The average molecular weight is 336 g/mol. The van der Waals surface area contributed by atoms with Gasteiger partial charge in [0.1, 0.15) is 11.4 Å². The number of H-pyrrole nitrogens is 1. The van der Waals surface area contributed by atoms with E-state index in [-0.39, 0.29) is 11.7 Å². The van der Waals surface area contributed by atoms with E-state index in [4.69, 9.17) is 0 Å². The van der Waals surface area contributed by atoms with Crippen LogP contribution in [0, 0.1) is 0 Å². The van der Waals surface area contributed by atoms with E-state index in [1.807, 2.05) is 35.4 Å². The maximum absolute atomic E-state index is 12.7. The van der Waals surface area contributed by atoms with Gasteiger partial charge in [-0.3, -0.25) is 9.69 Å². The number of hydrogen-bond donors (Lipinski definition) is 2. The van der Waals surface area contributed by atoms with Crippen LogP contribution in [0.4, 0.5) is 0 Å². The number of carbonyl (C=O) groups is 1. The summed E-state index contributed by atoms with van der Waals surface area (Å²) in [5.41, 5.74) is 3.42. The summed E-state index contributed by atoms with van der Waals surface area (Å²) in [6, 6.07) is 12.8. The highest BCUT2D eigenvalue weighted by Crippen LogP contribution is 2.15. The lowest BCUT2D eigenvalue weighted by atomic mass is 10.2. The first-order chi connectivity index (χ1) is 12.2. The first-order valence-electron chi connectivity index (χ1n) is 8.43. The van der Waals surface area contributed by atoms with Gasteiger partial charge in [-0.05, 0) is 35.9 Å². The van der Waals surface area contributed by atoms with Crippen LogP contribution in [-0.2, 0) is 6.54 Å². The van der Waals surface area contributed by atoms with Crippen molar-refractivity contribution in [1.29, 1.82) is 0 Å². The van der Waals surface area contributed by atoms with Gasteiger partial charge in [0, 0.05) is 38.9 Å². The van der Waals surface area contributed by atoms with E-state index in [2.05, 4.69) is 14.9 Å². The second-order valence-electron chi connectivity index (χ2n) is 6.34. The molecule has 6 nitrogen and oxygen atoms in total. The molecule has 0 bridgehead atoms. The molecule has 0 radical (unpaired) electrons. The van der Waals surface area contributed by atoms with E-state index in [1.165, 1.54) is 0 Å². The van der Waals surface area contributed by atoms with Crippen molar-refractivity contribution in [2.45, 2.75) is 6.54 Å². The SMILES string of the molecule is O=C(c1ccc2[nH]ccc2n1)N1CCN(Cc2ccc(O)cc2)CC1. The Morgan fingerprint density at radius 3 is 2.56 bits per heavy atom. The van der Waals surface area contributed by atoms with Gasteiger partial charge in [-0.2, -0.15) is 0 Å². The first kappa shape index (κ1) is 15.7. The van der Waals surface area contributed by atoms with E-state index in [0.29, 0.717) is 18.8 Å². The molecule has 1 amide bonds. The van der Waals surface area contributed by atoms with Crippen molar-refractivity contribution >= 4 is 16.9 Å². The molecule has 3 heterocycles. The number of rotatable bonds is 3. The molecular weight excluding hydrogens is 316 g/mol. The van der Waals surface area contributed by atoms with Crippen LogP contribution in [0.5, 0.6) is 5.75 Å². The molecule has 0 saturated carbocycles. The molecule has 0 unspecified atom stereocenters. The fraction of sp³-hybridized carbons (Fsp3) is 0.263. The number of fused-ring (bicyclic) bond motifs is 1. The minimum absolute atomic E-state index is 0.00705. The van der Waals surface area contributed by atoms with Crippen molar-refractivity contribution in [3.63, 3.8) is 0 Å². The first-order valence-corrected chi connectivity index (χ1v) is 8.43. The molecule has 1 aromatic carbocycles. The van der Waals surface area contributed by atoms with Gasteiger partial charge in [-0.1, -0.05) is 12.1 Å². The fourth-order valence-corrected chi connectivity index (χ4v) is 3.18. The van der Waals surface area contributed by atoms with Gasteiger partial charge >= 0.3 is 0 Å². The molecule has 0 aliphatic carbocycles. The number of aromatic nitrogens is 2. The summed E-state index contributed by atoms with van der Waals surface area (Å²) in [5.74, 6) is 0.276. The number of hydrogen-bond acceptors (Lipinski definition) is 4. The zero-order valence-corrected chi connectivity index (χ0v) is 13.9. The maximum Gasteiger partial charge on any atom is 0.272 e. The minimum Gasteiger partial charge on any atom is -0.508 e. The number of nitrogens with zero attached hydrogens (tertiary/aromatic N) is 3. The quantitative estimate of drug-likeness (QED) is 0.769. The Bertz CT molecular complexity index is 880. The lowest BCUT2D eigenvalue weighted by molar-refractivity contribution is 0.0623. The normalized spacial score (nSPS) is 15.6. The molecule has 128 valence electrons. The molecule has 6 heteroatoms. The lowest BCUT2D eigenvalue weighted by Gasteiger charge is -2.34. The summed E-state index contributed by atoms with van der Waals surface area (Å²) in [4.78, 5) is 24.4. The summed E-state index contributed by atoms with van der Waals surface area (Å²) in [6.07, 6.45) is 1.83. The van der Waals surface area contributed by atoms with Crippen molar-refractivity contribution in [2.24, 2.45) is 0 Å². The fourth-order valence-electron chi connectivity index (χ4n) is 3.18. The second kappa shape index (κ2) is 6.57. The van der Waals surface area contributed by atoms with Crippen LogP contribution in [-0.4, -0.2) is 57.0 Å². The molecule has 3 aromatic rings. The van der Waals surface area contributed by atoms with Gasteiger partial charge in [0.25, 0.3) is 5.91 Å². The monoisotopic (exact) mass is 336 g/mol. The Labute approximate surface area is 145 Å². The van der Waals surface area contributed by atoms with E-state index < -0.39 is 0 Å². The molecule has 1 saturated heterocycles. The van der Waals surface area contributed by atoms with Crippen LogP contribution in [0.25, 0.3) is 11.0 Å². The minimum atomic E-state index is -0.00705. The second-order valence-corrected chi connectivity index (χ2v) is 6.34. The van der Waals surface area contributed by atoms with Crippen LogP contribution >= 0.6 is 0 Å². The van der Waals surface area contributed by atoms with E-state index in [9.17, 15) is 9.90 Å². The van der Waals surface area contributed by atoms with Crippen LogP contribution in [0.3, 0.4) is 0 Å². The molecule has 0 spiro atoms. The number of carbonyl (C=O) groups excluding carboxylic acids is 1. The van der Waals surface area contributed by atoms with Crippen molar-refractivity contribution in [3.05, 3.63) is 59.9 Å². The predicted octanol–water partition coefficient (Wildman–Crippen LogP) is 2.23. The number of nitrogens with one attached hydrogen (secondary N) is 1. The summed E-state index contributed by atoms with van der Waals surface area (Å²) in [6.45, 7) is 3.89. The van der Waals surface area contributed by atoms with E-state index in [0.717, 1.165) is 36.2 Å². The third-order valence-electron chi connectivity index (χ3n) is 4.63. The molecule has 25 heavy (non-hydrogen) atoms. The van der Waals surface area contributed by atoms with E-state index >= 15 is 0 Å². The van der Waals surface area contributed by atoms with E-state index in [1.54, 1.807) is 18.2 Å². The molecule has 1 fully saturated rings. The standard InChI is InChI=1S/C19H20N4O2/c24-15-3-1-14(2-4-15)13-22-9-11-23(12-10-22)19(25)18-6-5-16-17(21-18)7-8-20-16/h1-8,20,24H,9-13H2. The van der Waals surface area contributed by atoms with Gasteiger partial charge in [0.2, 0.25) is 0 Å². The Hall–Kier alpha value is -2.86. The molecule has 4 rings (SSSR count). The number of aromatic amines is 1. The number of benzene rings is 1. The Morgan fingerprint density at radius 2 is 1.80 bits per heavy atom. The number of piperazine rings is 1. The van der Waals surface area contributed by atoms with Gasteiger partial charge in [0.05, 0.1) is 11.0 Å². The molecule has 1 aliphatic heterocycles. The molecule has 1 aliphatic rings. The third kappa shape index (κ3) is 3.34. The van der Waals surface area contributed by atoms with Crippen molar-refractivity contribution in [3.8, 4) is 5.75 Å². The van der Waals surface area contributed by atoms with Crippen LogP contribution in [0.2, 0.25) is 0 Å². The highest BCUT2D eigenvalue weighted by molar-refractivity contribution is 5.94. The average Bonchev–Trinajstić information content (AvgIpc) is 3.11. The molecular formula is C19H20N4O2. The summed E-state index contributed by atoms with van der Waals surface area (Å²) >= 11 is 0. The van der Waals surface area contributed by atoms with Crippen LogP contribution < -0.4 is 0 Å².